The van der Waals surface area contributed by atoms with E-state index in [-0.39, 0.29) is 24.0 Å². The number of aromatic hydroxyl groups is 1. The van der Waals surface area contributed by atoms with Crippen LogP contribution in [0.2, 0.25) is 0 Å². The van der Waals surface area contributed by atoms with E-state index in [1.807, 2.05) is 6.07 Å². The standard InChI is InChI=1S/C17H27N3O3/c1-13-11-20(12-14(2)23-13)8-4-7-18-17(22)19-10-15-5-3-6-16(21)9-15/h3,5-6,9,13-14,21H,4,7-8,10-12H2,1-2H3,(H2,18,19,22)/t13-,14-/m1/s1. The van der Waals surface area contributed by atoms with Gasteiger partial charge in [-0.1, -0.05) is 12.1 Å². The van der Waals surface area contributed by atoms with Crippen LogP contribution in [0.4, 0.5) is 4.79 Å². The lowest BCUT2D eigenvalue weighted by atomic mass is 10.2. The summed E-state index contributed by atoms with van der Waals surface area (Å²) in [7, 11) is 0. The van der Waals surface area contributed by atoms with Crippen LogP contribution in [-0.2, 0) is 11.3 Å². The van der Waals surface area contributed by atoms with Gasteiger partial charge in [0.25, 0.3) is 0 Å². The van der Waals surface area contributed by atoms with Gasteiger partial charge < -0.3 is 20.5 Å². The van der Waals surface area contributed by atoms with E-state index in [2.05, 4.69) is 29.4 Å². The summed E-state index contributed by atoms with van der Waals surface area (Å²) in [5.74, 6) is 0.207. The molecular weight excluding hydrogens is 294 g/mol. The second-order valence-electron chi connectivity index (χ2n) is 6.15. The van der Waals surface area contributed by atoms with Crippen LogP contribution in [0.5, 0.6) is 5.75 Å². The number of hydrogen-bond donors (Lipinski definition) is 3. The third-order valence-corrected chi connectivity index (χ3v) is 3.80. The highest BCUT2D eigenvalue weighted by Crippen LogP contribution is 2.11. The normalized spacial score (nSPS) is 21.8. The summed E-state index contributed by atoms with van der Waals surface area (Å²) in [5, 5.41) is 15.0. The molecule has 128 valence electrons. The number of hydrogen-bond acceptors (Lipinski definition) is 4. The molecule has 6 heteroatoms. The molecule has 1 fully saturated rings. The molecule has 2 rings (SSSR count). The topological polar surface area (TPSA) is 73.8 Å². The summed E-state index contributed by atoms with van der Waals surface area (Å²) in [6.45, 7) is 8.10. The number of urea groups is 1. The summed E-state index contributed by atoms with van der Waals surface area (Å²) >= 11 is 0. The Labute approximate surface area is 137 Å². The van der Waals surface area contributed by atoms with Crippen molar-refractivity contribution in [3.8, 4) is 5.75 Å². The number of phenolic OH excluding ortho intramolecular Hbond substituents is 1. The van der Waals surface area contributed by atoms with E-state index in [0.29, 0.717) is 13.1 Å². The number of nitrogens with zero attached hydrogens (tertiary/aromatic N) is 1. The Bertz CT molecular complexity index is 500. The molecule has 1 aromatic rings. The Balaban J connectivity index is 1.58. The van der Waals surface area contributed by atoms with Gasteiger partial charge in [0.15, 0.2) is 0 Å². The van der Waals surface area contributed by atoms with Crippen LogP contribution in [0.25, 0.3) is 0 Å². The molecule has 6 nitrogen and oxygen atoms in total. The van der Waals surface area contributed by atoms with Crippen LogP contribution in [0.1, 0.15) is 25.8 Å². The van der Waals surface area contributed by atoms with Crippen LogP contribution in [0.15, 0.2) is 24.3 Å². The first kappa shape index (κ1) is 17.6. The van der Waals surface area contributed by atoms with Crippen LogP contribution in [0, 0.1) is 0 Å². The minimum absolute atomic E-state index is 0.183. The molecule has 3 N–H and O–H groups in total. The van der Waals surface area contributed by atoms with Crippen molar-refractivity contribution in [3.05, 3.63) is 29.8 Å². The fourth-order valence-electron chi connectivity index (χ4n) is 2.88. The summed E-state index contributed by atoms with van der Waals surface area (Å²) in [6.07, 6.45) is 1.47. The number of morpholine rings is 1. The number of rotatable bonds is 6. The highest BCUT2D eigenvalue weighted by molar-refractivity contribution is 5.73. The number of benzene rings is 1. The van der Waals surface area contributed by atoms with Gasteiger partial charge in [-0.25, -0.2) is 4.79 Å². The summed E-state index contributed by atoms with van der Waals surface area (Å²) in [5.41, 5.74) is 0.872. The molecule has 0 unspecified atom stereocenters. The van der Waals surface area contributed by atoms with E-state index in [0.717, 1.165) is 31.6 Å². The van der Waals surface area contributed by atoms with Crippen molar-refractivity contribution < 1.29 is 14.6 Å². The Morgan fingerprint density at radius 1 is 1.30 bits per heavy atom. The average Bonchev–Trinajstić information content (AvgIpc) is 2.49. The molecule has 23 heavy (non-hydrogen) atoms. The van der Waals surface area contributed by atoms with Crippen LogP contribution >= 0.6 is 0 Å². The van der Waals surface area contributed by atoms with E-state index >= 15 is 0 Å². The first-order valence-corrected chi connectivity index (χ1v) is 8.20. The number of phenols is 1. The van der Waals surface area contributed by atoms with Gasteiger partial charge >= 0.3 is 6.03 Å². The summed E-state index contributed by atoms with van der Waals surface area (Å²) in [6, 6.07) is 6.69. The van der Waals surface area contributed by atoms with E-state index < -0.39 is 0 Å². The van der Waals surface area contributed by atoms with Crippen molar-refractivity contribution in [2.75, 3.05) is 26.2 Å². The van der Waals surface area contributed by atoms with Gasteiger partial charge in [0.05, 0.1) is 12.2 Å². The maximum absolute atomic E-state index is 11.7. The minimum Gasteiger partial charge on any atom is -0.508 e. The predicted molar refractivity (Wildman–Crippen MR) is 89.4 cm³/mol. The minimum atomic E-state index is -0.183. The van der Waals surface area contributed by atoms with Gasteiger partial charge in [-0.05, 0) is 38.0 Å². The molecule has 0 bridgehead atoms. The fraction of sp³-hybridized carbons (Fsp3) is 0.588. The summed E-state index contributed by atoms with van der Waals surface area (Å²) < 4.78 is 5.70. The molecule has 0 radical (unpaired) electrons. The molecule has 2 amide bonds. The first-order valence-electron chi connectivity index (χ1n) is 8.20. The lowest BCUT2D eigenvalue weighted by molar-refractivity contribution is -0.0679. The fourth-order valence-corrected chi connectivity index (χ4v) is 2.88. The van der Waals surface area contributed by atoms with E-state index in [1.54, 1.807) is 18.2 Å². The Morgan fingerprint density at radius 3 is 2.74 bits per heavy atom. The van der Waals surface area contributed by atoms with Gasteiger partial charge in [0, 0.05) is 32.7 Å². The lowest BCUT2D eigenvalue weighted by Crippen LogP contribution is -2.46. The highest BCUT2D eigenvalue weighted by atomic mass is 16.5. The molecule has 0 spiro atoms. The van der Waals surface area contributed by atoms with Crippen molar-refractivity contribution >= 4 is 6.03 Å². The first-order chi connectivity index (χ1) is 11.0. The molecule has 1 heterocycles. The Morgan fingerprint density at radius 2 is 2.04 bits per heavy atom. The Kier molecular flexibility index (Phi) is 6.67. The molecule has 1 aliphatic rings. The molecule has 1 aromatic carbocycles. The molecule has 2 atom stereocenters. The smallest absolute Gasteiger partial charge is 0.315 e. The molecular formula is C17H27N3O3. The van der Waals surface area contributed by atoms with E-state index in [4.69, 9.17) is 4.74 Å². The molecule has 0 saturated carbocycles. The van der Waals surface area contributed by atoms with E-state index in [9.17, 15) is 9.90 Å². The molecule has 0 aliphatic carbocycles. The third kappa shape index (κ3) is 6.46. The van der Waals surface area contributed by atoms with Crippen LogP contribution in [0.3, 0.4) is 0 Å². The highest BCUT2D eigenvalue weighted by Gasteiger charge is 2.21. The maximum Gasteiger partial charge on any atom is 0.315 e. The maximum atomic E-state index is 11.7. The van der Waals surface area contributed by atoms with Crippen LogP contribution in [-0.4, -0.2) is 54.4 Å². The monoisotopic (exact) mass is 321 g/mol. The Hall–Kier alpha value is -1.79. The summed E-state index contributed by atoms with van der Waals surface area (Å²) in [4.78, 5) is 14.1. The number of nitrogens with one attached hydrogen (secondary N) is 2. The van der Waals surface area contributed by atoms with Gasteiger partial charge in [-0.3, -0.25) is 4.90 Å². The van der Waals surface area contributed by atoms with E-state index in [1.165, 1.54) is 0 Å². The molecule has 1 saturated heterocycles. The number of carbonyl (C=O) groups is 1. The SMILES string of the molecule is C[C@@H]1CN(CCCNC(=O)NCc2cccc(O)c2)C[C@@H](C)O1. The van der Waals surface area contributed by atoms with Crippen molar-refractivity contribution in [2.45, 2.75) is 39.0 Å². The number of ether oxygens (including phenoxy) is 1. The predicted octanol–water partition coefficient (Wildman–Crippen LogP) is 1.69. The molecule has 0 aromatic heterocycles. The quantitative estimate of drug-likeness (QED) is 0.697. The van der Waals surface area contributed by atoms with Gasteiger partial charge in [0.2, 0.25) is 0 Å². The average molecular weight is 321 g/mol. The van der Waals surface area contributed by atoms with Gasteiger partial charge in [-0.2, -0.15) is 0 Å². The van der Waals surface area contributed by atoms with Crippen LogP contribution < -0.4 is 10.6 Å². The zero-order valence-electron chi connectivity index (χ0n) is 13.9. The second kappa shape index (κ2) is 8.74. The van der Waals surface area contributed by atoms with Crippen molar-refractivity contribution in [1.29, 1.82) is 0 Å². The zero-order chi connectivity index (χ0) is 16.7. The lowest BCUT2D eigenvalue weighted by Gasteiger charge is -2.35. The van der Waals surface area contributed by atoms with Gasteiger partial charge in [-0.15, -0.1) is 0 Å². The third-order valence-electron chi connectivity index (χ3n) is 3.80. The van der Waals surface area contributed by atoms with Gasteiger partial charge in [0.1, 0.15) is 5.75 Å². The van der Waals surface area contributed by atoms with Crippen molar-refractivity contribution in [3.63, 3.8) is 0 Å². The largest absolute Gasteiger partial charge is 0.508 e. The molecule has 1 aliphatic heterocycles. The second-order valence-corrected chi connectivity index (χ2v) is 6.15. The zero-order valence-corrected chi connectivity index (χ0v) is 13.9. The van der Waals surface area contributed by atoms with Crippen molar-refractivity contribution in [1.82, 2.24) is 15.5 Å². The number of amides is 2. The van der Waals surface area contributed by atoms with Crippen molar-refractivity contribution in [2.24, 2.45) is 0 Å². The number of carbonyl (C=O) groups excluding carboxylic acids is 1.